The summed E-state index contributed by atoms with van der Waals surface area (Å²) in [6, 6.07) is 8.16. The van der Waals surface area contributed by atoms with Gasteiger partial charge in [-0.05, 0) is 80.1 Å². The second-order valence-corrected chi connectivity index (χ2v) is 9.19. The Labute approximate surface area is 194 Å². The van der Waals surface area contributed by atoms with E-state index in [9.17, 15) is 4.79 Å². The highest BCUT2D eigenvalue weighted by Crippen LogP contribution is 2.32. The van der Waals surface area contributed by atoms with E-state index >= 15 is 0 Å². The number of fused-ring (bicyclic) bond motifs is 1. The fourth-order valence-electron chi connectivity index (χ4n) is 3.75. The molecule has 1 aromatic carbocycles. The Morgan fingerprint density at radius 2 is 2.16 bits per heavy atom. The van der Waals surface area contributed by atoms with Crippen LogP contribution in [0.4, 0.5) is 0 Å². The van der Waals surface area contributed by atoms with Gasteiger partial charge in [-0.2, -0.15) is 5.10 Å². The molecule has 0 saturated carbocycles. The summed E-state index contributed by atoms with van der Waals surface area (Å²) in [5, 5.41) is 10.7. The number of hydrazone groups is 1. The van der Waals surface area contributed by atoms with Crippen LogP contribution in [0.15, 0.2) is 40.6 Å². The number of carbonyl (C=O) groups is 1. The molecule has 3 rings (SSSR count). The number of amides is 1. The standard InChI is InChI=1S/C24H31ClN6O/c1-5-17-18(8-11-28-22(17)25)15-6-7-19-16(12-15)13-27-10-9-20(19)30-23(32)21(31-26)14-29-24(2,3)4/h6-8,11-12,14,20,27H,5,9-10,13,26H2,1-4H3,(H,30,32)/t20-/m1/s1. The molecule has 0 fully saturated rings. The molecule has 0 bridgehead atoms. The summed E-state index contributed by atoms with van der Waals surface area (Å²) in [4.78, 5) is 21.4. The Morgan fingerprint density at radius 1 is 1.38 bits per heavy atom. The Balaban J connectivity index is 1.89. The van der Waals surface area contributed by atoms with Crippen molar-refractivity contribution in [3.05, 3.63) is 52.3 Å². The lowest BCUT2D eigenvalue weighted by Gasteiger charge is -2.20. The first-order valence-corrected chi connectivity index (χ1v) is 11.2. The van der Waals surface area contributed by atoms with E-state index in [-0.39, 0.29) is 23.2 Å². The van der Waals surface area contributed by atoms with Crippen LogP contribution in [0.5, 0.6) is 0 Å². The SMILES string of the molecule is CCc1c(-c2ccc3c(c2)CNCC[C@H]3NC(=O)C(C=NC(C)(C)C)=NN)ccnc1Cl. The fraction of sp³-hybridized carbons (Fsp3) is 0.417. The van der Waals surface area contributed by atoms with Gasteiger partial charge in [0.1, 0.15) is 5.15 Å². The minimum absolute atomic E-state index is 0.106. The number of nitrogens with two attached hydrogens (primary N) is 1. The number of hydrogen-bond donors (Lipinski definition) is 3. The summed E-state index contributed by atoms with van der Waals surface area (Å²) in [5.41, 5.74) is 5.19. The minimum Gasteiger partial charge on any atom is -0.344 e. The Kier molecular flexibility index (Phi) is 7.64. The van der Waals surface area contributed by atoms with E-state index in [4.69, 9.17) is 17.4 Å². The molecule has 7 nitrogen and oxygen atoms in total. The summed E-state index contributed by atoms with van der Waals surface area (Å²) in [7, 11) is 0. The molecule has 8 heteroatoms. The summed E-state index contributed by atoms with van der Waals surface area (Å²) in [6.07, 6.45) is 4.73. The number of nitrogens with zero attached hydrogens (tertiary/aromatic N) is 3. The van der Waals surface area contributed by atoms with E-state index in [1.54, 1.807) is 6.20 Å². The van der Waals surface area contributed by atoms with Crippen LogP contribution in [-0.2, 0) is 17.8 Å². The first-order valence-electron chi connectivity index (χ1n) is 10.8. The molecule has 0 aliphatic carbocycles. The predicted molar refractivity (Wildman–Crippen MR) is 131 cm³/mol. The lowest BCUT2D eigenvalue weighted by molar-refractivity contribution is -0.115. The number of aliphatic imine (C=N–C) groups is 1. The van der Waals surface area contributed by atoms with Gasteiger partial charge in [0.05, 0.1) is 17.8 Å². The van der Waals surface area contributed by atoms with Crippen molar-refractivity contribution in [3.8, 4) is 11.1 Å². The number of carbonyl (C=O) groups excluding carboxylic acids is 1. The molecule has 2 heterocycles. The second-order valence-electron chi connectivity index (χ2n) is 8.83. The van der Waals surface area contributed by atoms with Gasteiger partial charge >= 0.3 is 0 Å². The zero-order valence-corrected chi connectivity index (χ0v) is 19.8. The van der Waals surface area contributed by atoms with Crippen LogP contribution in [0.3, 0.4) is 0 Å². The average Bonchev–Trinajstić information content (AvgIpc) is 2.95. The lowest BCUT2D eigenvalue weighted by Crippen LogP contribution is -2.36. The molecule has 2 aromatic rings. The third-order valence-electron chi connectivity index (χ3n) is 5.36. The van der Waals surface area contributed by atoms with Crippen molar-refractivity contribution in [2.45, 2.75) is 58.7 Å². The monoisotopic (exact) mass is 454 g/mol. The first kappa shape index (κ1) is 23.9. The predicted octanol–water partition coefficient (Wildman–Crippen LogP) is 3.80. The third-order valence-corrected chi connectivity index (χ3v) is 5.69. The average molecular weight is 455 g/mol. The molecule has 1 aromatic heterocycles. The molecule has 1 amide bonds. The Morgan fingerprint density at radius 3 is 2.84 bits per heavy atom. The zero-order chi connectivity index (χ0) is 23.3. The van der Waals surface area contributed by atoms with Crippen molar-refractivity contribution >= 4 is 29.4 Å². The molecule has 1 atom stereocenters. The normalized spacial score (nSPS) is 17.2. The maximum atomic E-state index is 12.8. The van der Waals surface area contributed by atoms with E-state index in [2.05, 4.69) is 50.8 Å². The first-order chi connectivity index (χ1) is 15.2. The lowest BCUT2D eigenvalue weighted by atomic mass is 9.93. The number of rotatable bonds is 5. The molecule has 1 aliphatic heterocycles. The topological polar surface area (TPSA) is 105 Å². The molecule has 0 unspecified atom stereocenters. The molecule has 0 radical (unpaired) electrons. The maximum absolute atomic E-state index is 12.8. The number of pyridine rings is 1. The minimum atomic E-state index is -0.336. The molecule has 32 heavy (non-hydrogen) atoms. The highest BCUT2D eigenvalue weighted by Gasteiger charge is 2.23. The number of aromatic nitrogens is 1. The van der Waals surface area contributed by atoms with Gasteiger partial charge < -0.3 is 16.5 Å². The van der Waals surface area contributed by atoms with Gasteiger partial charge in [-0.15, -0.1) is 0 Å². The van der Waals surface area contributed by atoms with Crippen LogP contribution in [0.25, 0.3) is 11.1 Å². The van der Waals surface area contributed by atoms with Gasteiger partial charge in [-0.3, -0.25) is 9.79 Å². The molecule has 170 valence electrons. The molecule has 1 aliphatic rings. The van der Waals surface area contributed by atoms with E-state index in [0.717, 1.165) is 53.7 Å². The fourth-order valence-corrected chi connectivity index (χ4v) is 4.04. The second kappa shape index (κ2) is 10.2. The highest BCUT2D eigenvalue weighted by molar-refractivity contribution is 6.60. The Hall–Kier alpha value is -2.77. The molecule has 4 N–H and O–H groups in total. The zero-order valence-electron chi connectivity index (χ0n) is 19.1. The van der Waals surface area contributed by atoms with Crippen molar-refractivity contribution in [1.82, 2.24) is 15.6 Å². The van der Waals surface area contributed by atoms with Gasteiger partial charge in [0.25, 0.3) is 5.91 Å². The van der Waals surface area contributed by atoms with E-state index < -0.39 is 0 Å². The van der Waals surface area contributed by atoms with Crippen LogP contribution in [0.1, 0.15) is 56.8 Å². The van der Waals surface area contributed by atoms with Crippen molar-refractivity contribution in [3.63, 3.8) is 0 Å². The number of nitrogens with one attached hydrogen (secondary N) is 2. The molecule has 0 spiro atoms. The third kappa shape index (κ3) is 5.72. The van der Waals surface area contributed by atoms with Gasteiger partial charge in [0.2, 0.25) is 0 Å². The Bertz CT molecular complexity index is 1040. The van der Waals surface area contributed by atoms with Crippen molar-refractivity contribution < 1.29 is 4.79 Å². The van der Waals surface area contributed by atoms with Crippen LogP contribution in [0.2, 0.25) is 5.15 Å². The van der Waals surface area contributed by atoms with Crippen molar-refractivity contribution in [2.75, 3.05) is 6.54 Å². The number of benzene rings is 1. The molecular formula is C24H31ClN6O. The van der Waals surface area contributed by atoms with Crippen LogP contribution in [-0.4, -0.2) is 34.9 Å². The smallest absolute Gasteiger partial charge is 0.273 e. The number of halogens is 1. The van der Waals surface area contributed by atoms with Crippen LogP contribution < -0.4 is 16.5 Å². The number of hydrogen-bond acceptors (Lipinski definition) is 6. The van der Waals surface area contributed by atoms with E-state index in [0.29, 0.717) is 5.15 Å². The van der Waals surface area contributed by atoms with E-state index in [1.807, 2.05) is 26.8 Å². The summed E-state index contributed by atoms with van der Waals surface area (Å²) >= 11 is 6.32. The van der Waals surface area contributed by atoms with Gasteiger partial charge in [0.15, 0.2) is 5.71 Å². The summed E-state index contributed by atoms with van der Waals surface area (Å²) in [5.74, 6) is 5.13. The summed E-state index contributed by atoms with van der Waals surface area (Å²) in [6.45, 7) is 9.41. The maximum Gasteiger partial charge on any atom is 0.273 e. The summed E-state index contributed by atoms with van der Waals surface area (Å²) < 4.78 is 0. The largest absolute Gasteiger partial charge is 0.344 e. The van der Waals surface area contributed by atoms with Gasteiger partial charge in [-0.1, -0.05) is 30.7 Å². The highest BCUT2D eigenvalue weighted by atomic mass is 35.5. The molecular weight excluding hydrogens is 424 g/mol. The van der Waals surface area contributed by atoms with Crippen molar-refractivity contribution in [1.29, 1.82) is 0 Å². The van der Waals surface area contributed by atoms with Gasteiger partial charge in [-0.25, -0.2) is 4.98 Å². The van der Waals surface area contributed by atoms with Crippen LogP contribution >= 0.6 is 11.6 Å². The molecule has 0 saturated heterocycles. The van der Waals surface area contributed by atoms with Crippen LogP contribution in [0, 0.1) is 0 Å². The van der Waals surface area contributed by atoms with E-state index in [1.165, 1.54) is 6.21 Å². The van der Waals surface area contributed by atoms with Crippen molar-refractivity contribution in [2.24, 2.45) is 15.9 Å². The van der Waals surface area contributed by atoms with Gasteiger partial charge in [0, 0.05) is 12.7 Å². The quantitative estimate of drug-likeness (QED) is 0.276.